The Morgan fingerprint density at radius 3 is 2.69 bits per heavy atom. The third-order valence-electron chi connectivity index (χ3n) is 3.63. The summed E-state index contributed by atoms with van der Waals surface area (Å²) in [5.74, 6) is 0.339. The molecule has 0 spiro atoms. The molecule has 2 N–H and O–H groups in total. The molecule has 0 bridgehead atoms. The molecule has 0 radical (unpaired) electrons. The SMILES string of the molecule is CCOc1ccccc1NC(=O)c1cc(NCc2ccccn2)ccn1. The topological polar surface area (TPSA) is 76.1 Å². The first kappa shape index (κ1) is 17.4. The first-order valence-electron chi connectivity index (χ1n) is 8.39. The summed E-state index contributed by atoms with van der Waals surface area (Å²) >= 11 is 0. The summed E-state index contributed by atoms with van der Waals surface area (Å²) in [5.41, 5.74) is 2.66. The van der Waals surface area contributed by atoms with Gasteiger partial charge >= 0.3 is 0 Å². The average Bonchev–Trinajstić information content (AvgIpc) is 2.69. The van der Waals surface area contributed by atoms with Gasteiger partial charge in [-0.25, -0.2) is 0 Å². The van der Waals surface area contributed by atoms with Crippen molar-refractivity contribution in [2.24, 2.45) is 0 Å². The molecule has 0 saturated carbocycles. The summed E-state index contributed by atoms with van der Waals surface area (Å²) in [5, 5.41) is 6.09. The Balaban J connectivity index is 1.68. The maximum Gasteiger partial charge on any atom is 0.274 e. The van der Waals surface area contributed by atoms with Gasteiger partial charge in [0.2, 0.25) is 0 Å². The average molecular weight is 348 g/mol. The van der Waals surface area contributed by atoms with Crippen molar-refractivity contribution in [1.82, 2.24) is 9.97 Å². The van der Waals surface area contributed by atoms with E-state index in [-0.39, 0.29) is 5.91 Å². The Bertz CT molecular complexity index is 868. The summed E-state index contributed by atoms with van der Waals surface area (Å²) in [7, 11) is 0. The highest BCUT2D eigenvalue weighted by atomic mass is 16.5. The highest BCUT2D eigenvalue weighted by molar-refractivity contribution is 6.04. The van der Waals surface area contributed by atoms with Crippen LogP contribution in [-0.2, 0) is 6.54 Å². The van der Waals surface area contributed by atoms with Crippen molar-refractivity contribution >= 4 is 17.3 Å². The second-order valence-corrected chi connectivity index (χ2v) is 5.49. The Hall–Kier alpha value is -3.41. The van der Waals surface area contributed by atoms with Crippen LogP contribution < -0.4 is 15.4 Å². The third kappa shape index (κ3) is 4.57. The van der Waals surface area contributed by atoms with E-state index in [0.717, 1.165) is 11.4 Å². The molecular formula is C20H20N4O2. The molecule has 0 saturated heterocycles. The number of ether oxygens (including phenoxy) is 1. The van der Waals surface area contributed by atoms with Crippen LogP contribution in [0.4, 0.5) is 11.4 Å². The van der Waals surface area contributed by atoms with E-state index in [1.165, 1.54) is 0 Å². The van der Waals surface area contributed by atoms with Crippen molar-refractivity contribution in [1.29, 1.82) is 0 Å². The highest BCUT2D eigenvalue weighted by Crippen LogP contribution is 2.24. The van der Waals surface area contributed by atoms with Gasteiger partial charge in [0.05, 0.1) is 24.5 Å². The number of hydrogen-bond donors (Lipinski definition) is 2. The summed E-state index contributed by atoms with van der Waals surface area (Å²) in [6.07, 6.45) is 3.35. The van der Waals surface area contributed by atoms with E-state index < -0.39 is 0 Å². The van der Waals surface area contributed by atoms with E-state index in [1.54, 1.807) is 24.5 Å². The molecule has 3 aromatic rings. The Morgan fingerprint density at radius 1 is 1.04 bits per heavy atom. The fourth-order valence-electron chi connectivity index (χ4n) is 2.40. The van der Waals surface area contributed by atoms with Crippen LogP contribution in [0.25, 0.3) is 0 Å². The molecule has 132 valence electrons. The lowest BCUT2D eigenvalue weighted by atomic mass is 10.2. The molecule has 6 heteroatoms. The van der Waals surface area contributed by atoms with Gasteiger partial charge in [-0.15, -0.1) is 0 Å². The Labute approximate surface area is 152 Å². The van der Waals surface area contributed by atoms with Crippen LogP contribution in [0, 0.1) is 0 Å². The zero-order chi connectivity index (χ0) is 18.2. The number of hydrogen-bond acceptors (Lipinski definition) is 5. The van der Waals surface area contributed by atoms with Crippen LogP contribution in [0.5, 0.6) is 5.75 Å². The number of carbonyl (C=O) groups excluding carboxylic acids is 1. The lowest BCUT2D eigenvalue weighted by Crippen LogP contribution is -2.15. The molecule has 0 unspecified atom stereocenters. The van der Waals surface area contributed by atoms with Crippen LogP contribution >= 0.6 is 0 Å². The number of nitrogens with zero attached hydrogens (tertiary/aromatic N) is 2. The monoisotopic (exact) mass is 348 g/mol. The second-order valence-electron chi connectivity index (χ2n) is 5.49. The molecule has 6 nitrogen and oxygen atoms in total. The zero-order valence-corrected chi connectivity index (χ0v) is 14.5. The van der Waals surface area contributed by atoms with E-state index in [4.69, 9.17) is 4.74 Å². The van der Waals surface area contributed by atoms with E-state index in [2.05, 4.69) is 20.6 Å². The number of amides is 1. The van der Waals surface area contributed by atoms with Crippen molar-refractivity contribution in [2.75, 3.05) is 17.2 Å². The molecule has 1 aromatic carbocycles. The number of para-hydroxylation sites is 2. The Morgan fingerprint density at radius 2 is 1.88 bits per heavy atom. The van der Waals surface area contributed by atoms with Gasteiger partial charge in [-0.2, -0.15) is 0 Å². The summed E-state index contributed by atoms with van der Waals surface area (Å²) in [4.78, 5) is 20.9. The number of aromatic nitrogens is 2. The summed E-state index contributed by atoms with van der Waals surface area (Å²) in [6, 6.07) is 16.6. The van der Waals surface area contributed by atoms with Gasteiger partial charge in [0, 0.05) is 18.1 Å². The highest BCUT2D eigenvalue weighted by Gasteiger charge is 2.11. The van der Waals surface area contributed by atoms with Crippen LogP contribution in [0.1, 0.15) is 23.1 Å². The normalized spacial score (nSPS) is 10.2. The van der Waals surface area contributed by atoms with Crippen LogP contribution in [0.15, 0.2) is 67.0 Å². The number of anilines is 2. The van der Waals surface area contributed by atoms with Crippen LogP contribution in [-0.4, -0.2) is 22.5 Å². The molecule has 1 amide bonds. The lowest BCUT2D eigenvalue weighted by Gasteiger charge is -2.11. The molecule has 0 fully saturated rings. The number of rotatable bonds is 7. The van der Waals surface area contributed by atoms with Gasteiger partial charge in [0.25, 0.3) is 5.91 Å². The van der Waals surface area contributed by atoms with Crippen LogP contribution in [0.3, 0.4) is 0 Å². The predicted octanol–water partition coefficient (Wildman–Crippen LogP) is 3.74. The van der Waals surface area contributed by atoms with Gasteiger partial charge in [-0.3, -0.25) is 14.8 Å². The molecule has 0 atom stereocenters. The molecule has 3 rings (SSSR count). The van der Waals surface area contributed by atoms with Crippen molar-refractivity contribution in [2.45, 2.75) is 13.5 Å². The lowest BCUT2D eigenvalue weighted by molar-refractivity contribution is 0.102. The van der Waals surface area contributed by atoms with Gasteiger partial charge in [0.15, 0.2) is 0 Å². The zero-order valence-electron chi connectivity index (χ0n) is 14.5. The summed E-state index contributed by atoms with van der Waals surface area (Å²) in [6.45, 7) is 2.99. The second kappa shape index (κ2) is 8.62. The van der Waals surface area contributed by atoms with Crippen LogP contribution in [0.2, 0.25) is 0 Å². The first-order chi connectivity index (χ1) is 12.8. The van der Waals surface area contributed by atoms with E-state index >= 15 is 0 Å². The maximum atomic E-state index is 12.5. The van der Waals surface area contributed by atoms with Crippen molar-refractivity contribution < 1.29 is 9.53 Å². The van der Waals surface area contributed by atoms with Crippen molar-refractivity contribution in [3.8, 4) is 5.75 Å². The largest absolute Gasteiger partial charge is 0.492 e. The molecule has 26 heavy (non-hydrogen) atoms. The number of carbonyl (C=O) groups is 1. The number of pyridine rings is 2. The van der Waals surface area contributed by atoms with Gasteiger partial charge in [-0.1, -0.05) is 18.2 Å². The fraction of sp³-hybridized carbons (Fsp3) is 0.150. The fourth-order valence-corrected chi connectivity index (χ4v) is 2.40. The smallest absolute Gasteiger partial charge is 0.274 e. The van der Waals surface area contributed by atoms with Gasteiger partial charge in [0.1, 0.15) is 11.4 Å². The Kier molecular flexibility index (Phi) is 5.77. The number of nitrogens with one attached hydrogen (secondary N) is 2. The van der Waals surface area contributed by atoms with Crippen molar-refractivity contribution in [3.63, 3.8) is 0 Å². The minimum Gasteiger partial charge on any atom is -0.492 e. The van der Waals surface area contributed by atoms with E-state index in [0.29, 0.717) is 30.3 Å². The first-order valence-corrected chi connectivity index (χ1v) is 8.39. The minimum absolute atomic E-state index is 0.293. The molecule has 0 aliphatic rings. The molecule has 0 aliphatic heterocycles. The van der Waals surface area contributed by atoms with Crippen molar-refractivity contribution in [3.05, 3.63) is 78.4 Å². The van der Waals surface area contributed by atoms with E-state index in [9.17, 15) is 4.79 Å². The molecule has 2 heterocycles. The summed E-state index contributed by atoms with van der Waals surface area (Å²) < 4.78 is 5.53. The molecule has 0 aliphatic carbocycles. The molecular weight excluding hydrogens is 328 g/mol. The third-order valence-corrected chi connectivity index (χ3v) is 3.63. The molecule has 2 aromatic heterocycles. The number of benzene rings is 1. The van der Waals surface area contributed by atoms with Gasteiger partial charge in [-0.05, 0) is 43.3 Å². The maximum absolute atomic E-state index is 12.5. The predicted molar refractivity (Wildman–Crippen MR) is 101 cm³/mol. The quantitative estimate of drug-likeness (QED) is 0.680. The van der Waals surface area contributed by atoms with Gasteiger partial charge < -0.3 is 15.4 Å². The minimum atomic E-state index is -0.293. The van der Waals surface area contributed by atoms with E-state index in [1.807, 2.05) is 49.4 Å². The standard InChI is InChI=1S/C20H20N4O2/c1-2-26-19-9-4-3-8-17(19)24-20(25)18-13-15(10-12-22-18)23-14-16-7-5-6-11-21-16/h3-13H,2,14H2,1H3,(H,22,23)(H,24,25).